The minimum atomic E-state index is 0.129. The number of nitrogens with zero attached hydrogens (tertiary/aromatic N) is 2. The van der Waals surface area contributed by atoms with E-state index in [0.717, 1.165) is 37.3 Å². The van der Waals surface area contributed by atoms with E-state index in [-0.39, 0.29) is 6.04 Å². The van der Waals surface area contributed by atoms with E-state index in [1.165, 1.54) is 17.5 Å². The number of aromatic nitrogens is 2. The Hall–Kier alpha value is -1.88. The lowest BCUT2D eigenvalue weighted by Crippen LogP contribution is -2.17. The molecule has 1 heterocycles. The molecule has 1 fully saturated rings. The molecule has 0 unspecified atom stereocenters. The number of fused-ring (bicyclic) bond motifs is 1. The van der Waals surface area contributed by atoms with Crippen LogP contribution in [-0.4, -0.2) is 10.1 Å². The van der Waals surface area contributed by atoms with Gasteiger partial charge in [0.1, 0.15) is 5.75 Å². The van der Waals surface area contributed by atoms with E-state index in [9.17, 15) is 0 Å². The molecule has 1 saturated carbocycles. The van der Waals surface area contributed by atoms with Crippen LogP contribution in [0.1, 0.15) is 60.5 Å². The van der Waals surface area contributed by atoms with Gasteiger partial charge in [0.25, 0.3) is 0 Å². The smallest absolute Gasteiger partial charge is 0.229 e. The topological polar surface area (TPSA) is 74.2 Å². The number of hydrogen-bond acceptors (Lipinski definition) is 5. The van der Waals surface area contributed by atoms with E-state index < -0.39 is 0 Å². The van der Waals surface area contributed by atoms with Crippen molar-refractivity contribution in [2.24, 2.45) is 5.73 Å². The van der Waals surface area contributed by atoms with Gasteiger partial charge >= 0.3 is 0 Å². The third kappa shape index (κ3) is 2.65. The highest BCUT2D eigenvalue weighted by molar-refractivity contribution is 5.39. The van der Waals surface area contributed by atoms with Crippen LogP contribution in [0.2, 0.25) is 0 Å². The predicted octanol–water partition coefficient (Wildman–Crippen LogP) is 2.86. The Morgan fingerprint density at radius 2 is 2.19 bits per heavy atom. The van der Waals surface area contributed by atoms with Gasteiger partial charge in [-0.05, 0) is 55.4 Å². The monoisotopic (exact) mass is 285 g/mol. The van der Waals surface area contributed by atoms with Crippen LogP contribution >= 0.6 is 0 Å². The van der Waals surface area contributed by atoms with Crippen molar-refractivity contribution in [1.82, 2.24) is 10.1 Å². The second kappa shape index (κ2) is 5.15. The second-order valence-corrected chi connectivity index (χ2v) is 5.97. The Balaban J connectivity index is 1.45. The summed E-state index contributed by atoms with van der Waals surface area (Å²) in [6, 6.07) is 6.30. The molecule has 2 aliphatic rings. The van der Waals surface area contributed by atoms with Crippen molar-refractivity contribution in [3.8, 4) is 5.75 Å². The molecule has 0 radical (unpaired) electrons. The van der Waals surface area contributed by atoms with Crippen molar-refractivity contribution in [3.63, 3.8) is 0 Å². The van der Waals surface area contributed by atoms with Crippen molar-refractivity contribution in [3.05, 3.63) is 41.0 Å². The van der Waals surface area contributed by atoms with Crippen LogP contribution in [0.25, 0.3) is 0 Å². The molecule has 4 rings (SSSR count). The zero-order chi connectivity index (χ0) is 14.2. The van der Waals surface area contributed by atoms with Gasteiger partial charge in [-0.1, -0.05) is 11.2 Å². The zero-order valence-corrected chi connectivity index (χ0v) is 11.9. The Morgan fingerprint density at radius 1 is 1.29 bits per heavy atom. The molecule has 5 nitrogen and oxygen atoms in total. The number of aryl methyl sites for hydroxylation is 1. The zero-order valence-electron chi connectivity index (χ0n) is 11.9. The Morgan fingerprint density at radius 3 is 3.05 bits per heavy atom. The van der Waals surface area contributed by atoms with Gasteiger partial charge in [0.05, 0.1) is 0 Å². The summed E-state index contributed by atoms with van der Waals surface area (Å²) in [5, 5.41) is 3.96. The predicted molar refractivity (Wildman–Crippen MR) is 76.9 cm³/mol. The number of benzene rings is 1. The molecule has 110 valence electrons. The summed E-state index contributed by atoms with van der Waals surface area (Å²) in [6.45, 7) is 0.338. The summed E-state index contributed by atoms with van der Waals surface area (Å²) in [6.07, 6.45) is 5.64. The average Bonchev–Trinajstić information content (AvgIpc) is 3.25. The fourth-order valence-electron chi connectivity index (χ4n) is 2.87. The molecular formula is C16H19N3O2. The quantitative estimate of drug-likeness (QED) is 0.935. The maximum Gasteiger partial charge on any atom is 0.229 e. The van der Waals surface area contributed by atoms with E-state index in [2.05, 4.69) is 22.3 Å². The van der Waals surface area contributed by atoms with Crippen LogP contribution in [0, 0.1) is 0 Å². The van der Waals surface area contributed by atoms with Crippen LogP contribution < -0.4 is 10.5 Å². The summed E-state index contributed by atoms with van der Waals surface area (Å²) in [4.78, 5) is 4.36. The van der Waals surface area contributed by atoms with Crippen LogP contribution in [0.3, 0.4) is 0 Å². The van der Waals surface area contributed by atoms with Gasteiger partial charge in [0.2, 0.25) is 11.7 Å². The van der Waals surface area contributed by atoms with Gasteiger partial charge < -0.3 is 15.0 Å². The van der Waals surface area contributed by atoms with Crippen molar-refractivity contribution in [2.75, 3.05) is 0 Å². The molecule has 1 aromatic heterocycles. The molecule has 21 heavy (non-hydrogen) atoms. The summed E-state index contributed by atoms with van der Waals surface area (Å²) < 4.78 is 11.0. The minimum Gasteiger partial charge on any atom is -0.485 e. The molecule has 0 amide bonds. The van der Waals surface area contributed by atoms with E-state index >= 15 is 0 Å². The van der Waals surface area contributed by atoms with Crippen molar-refractivity contribution in [2.45, 2.75) is 50.7 Å². The van der Waals surface area contributed by atoms with E-state index in [1.54, 1.807) is 0 Å². The molecule has 2 N–H and O–H groups in total. The first-order chi connectivity index (χ1) is 10.3. The molecule has 2 aliphatic carbocycles. The Labute approximate surface area is 123 Å². The highest BCUT2D eigenvalue weighted by Gasteiger charge is 2.29. The highest BCUT2D eigenvalue weighted by Crippen LogP contribution is 2.38. The SMILES string of the molecule is N[C@H]1CCCc2ccc(OCc3noc(C4CC4)n3)cc21. The fourth-order valence-corrected chi connectivity index (χ4v) is 2.87. The summed E-state index contributed by atoms with van der Waals surface area (Å²) in [7, 11) is 0. The average molecular weight is 285 g/mol. The van der Waals surface area contributed by atoms with Gasteiger partial charge in [0, 0.05) is 12.0 Å². The fraction of sp³-hybridized carbons (Fsp3) is 0.500. The summed E-state index contributed by atoms with van der Waals surface area (Å²) >= 11 is 0. The first-order valence-electron chi connectivity index (χ1n) is 7.63. The molecular weight excluding hydrogens is 266 g/mol. The molecule has 0 bridgehead atoms. The van der Waals surface area contributed by atoms with Gasteiger partial charge in [-0.3, -0.25) is 0 Å². The van der Waals surface area contributed by atoms with Gasteiger partial charge in [-0.25, -0.2) is 0 Å². The number of nitrogens with two attached hydrogens (primary N) is 1. The van der Waals surface area contributed by atoms with Crippen LogP contribution in [0.15, 0.2) is 22.7 Å². The van der Waals surface area contributed by atoms with Gasteiger partial charge in [-0.2, -0.15) is 4.98 Å². The lowest BCUT2D eigenvalue weighted by molar-refractivity contribution is 0.284. The number of ether oxygens (including phenoxy) is 1. The van der Waals surface area contributed by atoms with Crippen molar-refractivity contribution < 1.29 is 9.26 Å². The maximum atomic E-state index is 6.17. The van der Waals surface area contributed by atoms with Crippen LogP contribution in [-0.2, 0) is 13.0 Å². The molecule has 5 heteroatoms. The highest BCUT2D eigenvalue weighted by atomic mass is 16.5. The normalized spacial score (nSPS) is 21.1. The van der Waals surface area contributed by atoms with Crippen LogP contribution in [0.4, 0.5) is 0 Å². The van der Waals surface area contributed by atoms with E-state index in [0.29, 0.717) is 18.3 Å². The third-order valence-electron chi connectivity index (χ3n) is 4.26. The minimum absolute atomic E-state index is 0.129. The molecule has 2 aromatic rings. The molecule has 0 saturated heterocycles. The molecule has 0 spiro atoms. The second-order valence-electron chi connectivity index (χ2n) is 5.97. The van der Waals surface area contributed by atoms with Gasteiger partial charge in [0.15, 0.2) is 6.61 Å². The Bertz CT molecular complexity index is 649. The lowest BCUT2D eigenvalue weighted by Gasteiger charge is -2.22. The van der Waals surface area contributed by atoms with E-state index in [4.69, 9.17) is 15.0 Å². The molecule has 1 atom stereocenters. The van der Waals surface area contributed by atoms with Crippen LogP contribution in [0.5, 0.6) is 5.75 Å². The first kappa shape index (κ1) is 12.8. The number of hydrogen-bond donors (Lipinski definition) is 1. The van der Waals surface area contributed by atoms with E-state index in [1.807, 2.05) is 6.07 Å². The Kier molecular flexibility index (Phi) is 3.15. The van der Waals surface area contributed by atoms with Crippen molar-refractivity contribution >= 4 is 0 Å². The molecule has 1 aromatic carbocycles. The summed E-state index contributed by atoms with van der Waals surface area (Å²) in [5.74, 6) is 2.66. The van der Waals surface area contributed by atoms with Crippen molar-refractivity contribution in [1.29, 1.82) is 0 Å². The largest absolute Gasteiger partial charge is 0.485 e. The molecule has 0 aliphatic heterocycles. The van der Waals surface area contributed by atoms with Gasteiger partial charge in [-0.15, -0.1) is 0 Å². The summed E-state index contributed by atoms with van der Waals surface area (Å²) in [5.41, 5.74) is 8.73. The third-order valence-corrected chi connectivity index (χ3v) is 4.26. The number of rotatable bonds is 4. The lowest BCUT2D eigenvalue weighted by atomic mass is 9.88. The standard InChI is InChI=1S/C16H19N3O2/c17-14-3-1-2-10-6-7-12(8-13(10)14)20-9-15-18-16(21-19-15)11-4-5-11/h6-8,11,14H,1-5,9,17H2/t14-/m0/s1. The maximum absolute atomic E-state index is 6.17. The first-order valence-corrected chi connectivity index (χ1v) is 7.63.